The first-order valence-corrected chi connectivity index (χ1v) is 9.23. The summed E-state index contributed by atoms with van der Waals surface area (Å²) in [5.41, 5.74) is 0. The van der Waals surface area contributed by atoms with Gasteiger partial charge in [-0.15, -0.1) is 0 Å². The van der Waals surface area contributed by atoms with Crippen LogP contribution >= 0.6 is 0 Å². The fraction of sp³-hybridized carbons (Fsp3) is 0.941. The molecule has 3 atom stereocenters. The molecule has 0 spiro atoms. The monoisotopic (exact) mass is 324 g/mol. The Morgan fingerprint density at radius 3 is 2.39 bits per heavy atom. The van der Waals surface area contributed by atoms with Gasteiger partial charge in [0.1, 0.15) is 6.04 Å². The van der Waals surface area contributed by atoms with Crippen LogP contribution < -0.4 is 5.32 Å². The SMILES string of the molecule is C[C@@H]1CC[C@@H](C)N1CCN1CCN(C(=O)[C@@H]2COCCN2)CC1. The van der Waals surface area contributed by atoms with E-state index >= 15 is 0 Å². The van der Waals surface area contributed by atoms with Crippen molar-refractivity contribution in [2.24, 2.45) is 0 Å². The lowest BCUT2D eigenvalue weighted by atomic mass is 10.2. The van der Waals surface area contributed by atoms with Crippen molar-refractivity contribution < 1.29 is 9.53 Å². The molecule has 3 rings (SSSR count). The Hall–Kier alpha value is -0.690. The van der Waals surface area contributed by atoms with Crippen LogP contribution in [0.2, 0.25) is 0 Å². The number of nitrogens with one attached hydrogen (secondary N) is 1. The molecule has 1 N–H and O–H groups in total. The Morgan fingerprint density at radius 1 is 1.09 bits per heavy atom. The van der Waals surface area contributed by atoms with Crippen molar-refractivity contribution in [3.63, 3.8) is 0 Å². The Labute approximate surface area is 140 Å². The van der Waals surface area contributed by atoms with Crippen molar-refractivity contribution >= 4 is 5.91 Å². The van der Waals surface area contributed by atoms with Gasteiger partial charge in [-0.1, -0.05) is 0 Å². The molecule has 3 aliphatic rings. The highest BCUT2D eigenvalue weighted by molar-refractivity contribution is 5.82. The number of amides is 1. The average Bonchev–Trinajstić information content (AvgIpc) is 2.92. The predicted octanol–water partition coefficient (Wildman–Crippen LogP) is -0.00820. The summed E-state index contributed by atoms with van der Waals surface area (Å²) < 4.78 is 5.40. The Morgan fingerprint density at radius 2 is 1.78 bits per heavy atom. The highest BCUT2D eigenvalue weighted by Gasteiger charge is 2.30. The summed E-state index contributed by atoms with van der Waals surface area (Å²) in [6, 6.07) is 1.32. The van der Waals surface area contributed by atoms with Gasteiger partial charge in [0.2, 0.25) is 5.91 Å². The van der Waals surface area contributed by atoms with Crippen LogP contribution in [0.3, 0.4) is 0 Å². The minimum atomic E-state index is -0.137. The van der Waals surface area contributed by atoms with E-state index in [4.69, 9.17) is 4.74 Å². The number of rotatable bonds is 4. The molecule has 0 aliphatic carbocycles. The number of morpholine rings is 1. The van der Waals surface area contributed by atoms with Crippen molar-refractivity contribution in [1.82, 2.24) is 20.0 Å². The Balaban J connectivity index is 1.39. The van der Waals surface area contributed by atoms with E-state index in [2.05, 4.69) is 29.0 Å². The number of hydrogen-bond acceptors (Lipinski definition) is 5. The lowest BCUT2D eigenvalue weighted by Gasteiger charge is -2.38. The van der Waals surface area contributed by atoms with Crippen molar-refractivity contribution in [3.05, 3.63) is 0 Å². The first kappa shape index (κ1) is 17.1. The summed E-state index contributed by atoms with van der Waals surface area (Å²) in [5, 5.41) is 3.26. The van der Waals surface area contributed by atoms with Gasteiger partial charge in [-0.25, -0.2) is 0 Å². The van der Waals surface area contributed by atoms with E-state index < -0.39 is 0 Å². The van der Waals surface area contributed by atoms with E-state index in [9.17, 15) is 4.79 Å². The molecule has 1 amide bonds. The number of carbonyl (C=O) groups excluding carboxylic acids is 1. The standard InChI is InChI=1S/C17H32N4O2/c1-14-3-4-15(2)21(14)11-8-19-6-9-20(10-7-19)17(22)16-13-23-12-5-18-16/h14-16,18H,3-13H2,1-2H3/t14-,15-,16+/m1/s1. The molecule has 3 saturated heterocycles. The van der Waals surface area contributed by atoms with Crippen LogP contribution in [0.4, 0.5) is 0 Å². The zero-order chi connectivity index (χ0) is 16.2. The molecule has 132 valence electrons. The van der Waals surface area contributed by atoms with E-state index in [-0.39, 0.29) is 11.9 Å². The zero-order valence-electron chi connectivity index (χ0n) is 14.7. The highest BCUT2D eigenvalue weighted by Crippen LogP contribution is 2.22. The van der Waals surface area contributed by atoms with Gasteiger partial charge in [0.15, 0.2) is 0 Å². The van der Waals surface area contributed by atoms with E-state index in [0.29, 0.717) is 13.2 Å². The van der Waals surface area contributed by atoms with Crippen LogP contribution in [0.1, 0.15) is 26.7 Å². The van der Waals surface area contributed by atoms with Gasteiger partial charge in [-0.3, -0.25) is 14.6 Å². The topological polar surface area (TPSA) is 48.0 Å². The first-order chi connectivity index (χ1) is 11.1. The van der Waals surface area contributed by atoms with E-state index in [1.54, 1.807) is 0 Å². The third kappa shape index (κ3) is 4.24. The summed E-state index contributed by atoms with van der Waals surface area (Å²) in [4.78, 5) is 19.6. The molecule has 0 unspecified atom stereocenters. The maximum Gasteiger partial charge on any atom is 0.242 e. The van der Waals surface area contributed by atoms with Gasteiger partial charge in [0, 0.05) is 57.9 Å². The van der Waals surface area contributed by atoms with Crippen LogP contribution in [0.5, 0.6) is 0 Å². The summed E-state index contributed by atoms with van der Waals surface area (Å²) in [6.45, 7) is 12.7. The molecule has 3 fully saturated rings. The molecule has 0 bridgehead atoms. The molecular formula is C17H32N4O2. The molecule has 23 heavy (non-hydrogen) atoms. The summed E-state index contributed by atoms with van der Waals surface area (Å²) >= 11 is 0. The summed E-state index contributed by atoms with van der Waals surface area (Å²) in [7, 11) is 0. The van der Waals surface area contributed by atoms with Gasteiger partial charge in [-0.2, -0.15) is 0 Å². The second-order valence-electron chi connectivity index (χ2n) is 7.26. The molecule has 6 nitrogen and oxygen atoms in total. The molecule has 0 aromatic rings. The third-order valence-corrected chi connectivity index (χ3v) is 5.71. The van der Waals surface area contributed by atoms with Gasteiger partial charge in [-0.05, 0) is 26.7 Å². The van der Waals surface area contributed by atoms with Crippen LogP contribution in [0, 0.1) is 0 Å². The largest absolute Gasteiger partial charge is 0.378 e. The first-order valence-electron chi connectivity index (χ1n) is 9.23. The van der Waals surface area contributed by atoms with Crippen molar-refractivity contribution in [2.75, 3.05) is 59.0 Å². The van der Waals surface area contributed by atoms with Crippen LogP contribution in [0.25, 0.3) is 0 Å². The Bertz CT molecular complexity index is 382. The number of ether oxygens (including phenoxy) is 1. The minimum absolute atomic E-state index is 0.137. The van der Waals surface area contributed by atoms with Crippen LogP contribution in [-0.4, -0.2) is 97.8 Å². The van der Waals surface area contributed by atoms with Crippen molar-refractivity contribution in [3.8, 4) is 0 Å². The van der Waals surface area contributed by atoms with Gasteiger partial charge in [0.05, 0.1) is 13.2 Å². The van der Waals surface area contributed by atoms with E-state index in [1.165, 1.54) is 12.8 Å². The van der Waals surface area contributed by atoms with Crippen LogP contribution in [-0.2, 0) is 9.53 Å². The van der Waals surface area contributed by atoms with Gasteiger partial charge < -0.3 is 15.0 Å². The second kappa shape index (κ2) is 7.92. The normalized spacial score (nSPS) is 34.0. The molecule has 3 aliphatic heterocycles. The average molecular weight is 324 g/mol. The minimum Gasteiger partial charge on any atom is -0.378 e. The second-order valence-corrected chi connectivity index (χ2v) is 7.26. The fourth-order valence-electron chi connectivity index (χ4n) is 4.08. The zero-order valence-corrected chi connectivity index (χ0v) is 14.7. The molecule has 0 aromatic heterocycles. The maximum absolute atomic E-state index is 12.5. The van der Waals surface area contributed by atoms with Gasteiger partial charge >= 0.3 is 0 Å². The number of piperazine rings is 1. The highest BCUT2D eigenvalue weighted by atomic mass is 16.5. The molecule has 0 saturated carbocycles. The van der Waals surface area contributed by atoms with E-state index in [0.717, 1.165) is 57.9 Å². The predicted molar refractivity (Wildman–Crippen MR) is 90.5 cm³/mol. The summed E-state index contributed by atoms with van der Waals surface area (Å²) in [6.07, 6.45) is 2.67. The number of carbonyl (C=O) groups is 1. The number of likely N-dealkylation sites (tertiary alicyclic amines) is 1. The molecule has 6 heteroatoms. The lowest BCUT2D eigenvalue weighted by Crippen LogP contribution is -2.57. The quantitative estimate of drug-likeness (QED) is 0.788. The van der Waals surface area contributed by atoms with Gasteiger partial charge in [0.25, 0.3) is 0 Å². The summed E-state index contributed by atoms with van der Waals surface area (Å²) in [5.74, 6) is 0.214. The Kier molecular flexibility index (Phi) is 5.91. The number of nitrogens with zero attached hydrogens (tertiary/aromatic N) is 3. The smallest absolute Gasteiger partial charge is 0.242 e. The lowest BCUT2D eigenvalue weighted by molar-refractivity contribution is -0.138. The number of hydrogen-bond donors (Lipinski definition) is 1. The van der Waals surface area contributed by atoms with E-state index in [1.807, 2.05) is 4.90 Å². The molecular weight excluding hydrogens is 292 g/mol. The molecule has 0 radical (unpaired) electrons. The van der Waals surface area contributed by atoms with Crippen molar-refractivity contribution in [2.45, 2.75) is 44.8 Å². The van der Waals surface area contributed by atoms with Crippen LogP contribution in [0.15, 0.2) is 0 Å². The fourth-order valence-corrected chi connectivity index (χ4v) is 4.08. The molecule has 3 heterocycles. The maximum atomic E-state index is 12.5. The molecule has 0 aromatic carbocycles. The third-order valence-electron chi connectivity index (χ3n) is 5.71. The van der Waals surface area contributed by atoms with Crippen molar-refractivity contribution in [1.29, 1.82) is 0 Å².